The molecule has 0 fully saturated rings. The van der Waals surface area contributed by atoms with Gasteiger partial charge in [0.25, 0.3) is 0 Å². The molecule has 3 nitrogen and oxygen atoms in total. The van der Waals surface area contributed by atoms with Crippen molar-refractivity contribution in [2.75, 3.05) is 11.9 Å². The van der Waals surface area contributed by atoms with Gasteiger partial charge in [0.15, 0.2) is 5.84 Å². The first-order valence-corrected chi connectivity index (χ1v) is 6.94. The van der Waals surface area contributed by atoms with Gasteiger partial charge in [-0.05, 0) is 28.7 Å². The minimum atomic E-state index is 0.164. The standard InChI is InChI=1S/C16H19N3/c1-10-15-18(4)17-13-9-8-11-6-5-7-12(16(10,2)3)14(11)19(13)15/h5-10,15H,1-4H3. The lowest BCUT2D eigenvalue weighted by atomic mass is 9.68. The first kappa shape index (κ1) is 11.1. The van der Waals surface area contributed by atoms with E-state index in [1.807, 2.05) is 0 Å². The first-order chi connectivity index (χ1) is 9.01. The summed E-state index contributed by atoms with van der Waals surface area (Å²) in [4.78, 5) is 2.42. The molecule has 3 aliphatic heterocycles. The number of hydrogen-bond donors (Lipinski definition) is 0. The van der Waals surface area contributed by atoms with Gasteiger partial charge in [-0.25, -0.2) is 0 Å². The predicted molar refractivity (Wildman–Crippen MR) is 79.1 cm³/mol. The van der Waals surface area contributed by atoms with Gasteiger partial charge in [0.1, 0.15) is 6.17 Å². The smallest absolute Gasteiger partial charge is 0.154 e. The van der Waals surface area contributed by atoms with E-state index in [-0.39, 0.29) is 5.41 Å². The summed E-state index contributed by atoms with van der Waals surface area (Å²) in [7, 11) is 2.09. The molecule has 0 amide bonds. The normalized spacial score (nSPS) is 29.4. The van der Waals surface area contributed by atoms with E-state index < -0.39 is 0 Å². The van der Waals surface area contributed by atoms with Crippen LogP contribution in [-0.2, 0) is 5.41 Å². The molecule has 0 bridgehead atoms. The number of hydrazone groups is 1. The van der Waals surface area contributed by atoms with Gasteiger partial charge in [0.2, 0.25) is 0 Å². The molecule has 19 heavy (non-hydrogen) atoms. The van der Waals surface area contributed by atoms with Crippen LogP contribution in [0.3, 0.4) is 0 Å². The maximum Gasteiger partial charge on any atom is 0.154 e. The molecule has 0 N–H and O–H groups in total. The van der Waals surface area contributed by atoms with Crippen LogP contribution in [0.4, 0.5) is 5.69 Å². The predicted octanol–water partition coefficient (Wildman–Crippen LogP) is 3.03. The third kappa shape index (κ3) is 1.16. The molecule has 2 unspecified atom stereocenters. The highest BCUT2D eigenvalue weighted by Crippen LogP contribution is 2.51. The van der Waals surface area contributed by atoms with E-state index in [2.05, 4.69) is 68.1 Å². The molecule has 0 radical (unpaired) electrons. The van der Waals surface area contributed by atoms with Crippen molar-refractivity contribution in [1.29, 1.82) is 0 Å². The Morgan fingerprint density at radius 2 is 2.00 bits per heavy atom. The van der Waals surface area contributed by atoms with Gasteiger partial charge in [0.05, 0.1) is 5.69 Å². The van der Waals surface area contributed by atoms with Gasteiger partial charge in [-0.15, -0.1) is 0 Å². The fraction of sp³-hybridized carbons (Fsp3) is 0.438. The van der Waals surface area contributed by atoms with Crippen LogP contribution in [0.2, 0.25) is 0 Å². The summed E-state index contributed by atoms with van der Waals surface area (Å²) in [5.41, 5.74) is 4.29. The first-order valence-electron chi connectivity index (χ1n) is 6.94. The summed E-state index contributed by atoms with van der Waals surface area (Å²) < 4.78 is 0. The molecule has 1 aromatic rings. The minimum absolute atomic E-state index is 0.164. The van der Waals surface area contributed by atoms with Crippen LogP contribution in [0, 0.1) is 5.92 Å². The number of nitrogens with zero attached hydrogens (tertiary/aromatic N) is 3. The van der Waals surface area contributed by atoms with Crippen molar-refractivity contribution in [3.05, 3.63) is 35.4 Å². The zero-order valence-electron chi connectivity index (χ0n) is 11.9. The molecule has 3 heterocycles. The quantitative estimate of drug-likeness (QED) is 0.707. The number of anilines is 1. The molecule has 0 saturated carbocycles. The van der Waals surface area contributed by atoms with E-state index in [0.29, 0.717) is 12.1 Å². The van der Waals surface area contributed by atoms with Gasteiger partial charge in [-0.3, -0.25) is 5.01 Å². The summed E-state index contributed by atoms with van der Waals surface area (Å²) in [6.45, 7) is 7.05. The van der Waals surface area contributed by atoms with E-state index in [0.717, 1.165) is 5.84 Å². The van der Waals surface area contributed by atoms with Gasteiger partial charge in [-0.2, -0.15) is 5.10 Å². The zero-order chi connectivity index (χ0) is 13.4. The van der Waals surface area contributed by atoms with Gasteiger partial charge < -0.3 is 4.90 Å². The lowest BCUT2D eigenvalue weighted by molar-refractivity contribution is 0.151. The maximum atomic E-state index is 4.70. The van der Waals surface area contributed by atoms with Crippen molar-refractivity contribution in [3.63, 3.8) is 0 Å². The highest BCUT2D eigenvalue weighted by atomic mass is 15.6. The second kappa shape index (κ2) is 3.21. The Labute approximate surface area is 114 Å². The van der Waals surface area contributed by atoms with Gasteiger partial charge >= 0.3 is 0 Å². The molecule has 1 aromatic carbocycles. The van der Waals surface area contributed by atoms with Crippen molar-refractivity contribution in [3.8, 4) is 0 Å². The van der Waals surface area contributed by atoms with Crippen LogP contribution in [0.1, 0.15) is 31.9 Å². The van der Waals surface area contributed by atoms with Gasteiger partial charge in [0, 0.05) is 13.0 Å². The lowest BCUT2D eigenvalue weighted by Gasteiger charge is -2.49. The van der Waals surface area contributed by atoms with Crippen molar-refractivity contribution in [2.24, 2.45) is 11.0 Å². The average molecular weight is 253 g/mol. The lowest BCUT2D eigenvalue weighted by Crippen LogP contribution is -2.55. The van der Waals surface area contributed by atoms with Gasteiger partial charge in [-0.1, -0.05) is 39.0 Å². The Morgan fingerprint density at radius 1 is 1.21 bits per heavy atom. The Morgan fingerprint density at radius 3 is 2.79 bits per heavy atom. The van der Waals surface area contributed by atoms with E-state index >= 15 is 0 Å². The highest BCUT2D eigenvalue weighted by Gasteiger charge is 2.50. The van der Waals surface area contributed by atoms with Crippen molar-refractivity contribution in [1.82, 2.24) is 5.01 Å². The summed E-state index contributed by atoms with van der Waals surface area (Å²) in [5.74, 6) is 1.60. The number of benzene rings is 1. The zero-order valence-corrected chi connectivity index (χ0v) is 11.9. The van der Waals surface area contributed by atoms with E-state index in [4.69, 9.17) is 5.10 Å². The topological polar surface area (TPSA) is 18.8 Å². The number of hydrogen-bond acceptors (Lipinski definition) is 3. The summed E-state index contributed by atoms with van der Waals surface area (Å²) in [6.07, 6.45) is 4.66. The molecule has 0 aliphatic carbocycles. The molecule has 3 heteroatoms. The molecular weight excluding hydrogens is 234 g/mol. The fourth-order valence-corrected chi connectivity index (χ4v) is 3.75. The summed E-state index contributed by atoms with van der Waals surface area (Å²) >= 11 is 0. The number of rotatable bonds is 0. The van der Waals surface area contributed by atoms with Crippen molar-refractivity contribution < 1.29 is 0 Å². The summed E-state index contributed by atoms with van der Waals surface area (Å²) in [5, 5.41) is 6.82. The van der Waals surface area contributed by atoms with E-state index in [1.165, 1.54) is 16.8 Å². The average Bonchev–Trinajstić information content (AvgIpc) is 2.72. The van der Waals surface area contributed by atoms with E-state index in [9.17, 15) is 0 Å². The number of para-hydroxylation sites is 1. The van der Waals surface area contributed by atoms with Crippen LogP contribution < -0.4 is 4.90 Å². The monoisotopic (exact) mass is 253 g/mol. The molecule has 0 saturated heterocycles. The van der Waals surface area contributed by atoms with Crippen LogP contribution in [0.15, 0.2) is 29.4 Å². The second-order valence-electron chi connectivity index (χ2n) is 6.40. The maximum absolute atomic E-state index is 4.70. The Hall–Kier alpha value is -1.77. The largest absolute Gasteiger partial charge is 0.301 e. The van der Waals surface area contributed by atoms with Crippen LogP contribution in [0.25, 0.3) is 6.08 Å². The SMILES string of the molecule is CC1C2N(C)N=C3C=Cc4cccc(c4N32)C1(C)C. The molecule has 3 aliphatic rings. The molecule has 0 aromatic heterocycles. The second-order valence-corrected chi connectivity index (χ2v) is 6.40. The Bertz CT molecular complexity index is 627. The number of amidine groups is 1. The van der Waals surface area contributed by atoms with Crippen molar-refractivity contribution in [2.45, 2.75) is 32.4 Å². The van der Waals surface area contributed by atoms with Crippen LogP contribution in [-0.4, -0.2) is 24.1 Å². The van der Waals surface area contributed by atoms with Crippen LogP contribution >= 0.6 is 0 Å². The molecular formula is C16H19N3. The third-order valence-corrected chi connectivity index (χ3v) is 5.15. The Balaban J connectivity index is 2.07. The molecule has 0 spiro atoms. The van der Waals surface area contributed by atoms with Crippen molar-refractivity contribution >= 4 is 17.6 Å². The molecule has 4 rings (SSSR count). The third-order valence-electron chi connectivity index (χ3n) is 5.15. The molecule has 2 atom stereocenters. The minimum Gasteiger partial charge on any atom is -0.301 e. The fourth-order valence-electron chi connectivity index (χ4n) is 3.75. The Kier molecular flexibility index (Phi) is 1.88. The summed E-state index contributed by atoms with van der Waals surface area (Å²) in [6, 6.07) is 6.66. The van der Waals surface area contributed by atoms with Crippen LogP contribution in [0.5, 0.6) is 0 Å². The molecule has 98 valence electrons. The highest BCUT2D eigenvalue weighted by molar-refractivity contribution is 6.14. The van der Waals surface area contributed by atoms with E-state index in [1.54, 1.807) is 0 Å².